The van der Waals surface area contributed by atoms with Crippen molar-refractivity contribution in [1.82, 2.24) is 10.6 Å². The van der Waals surface area contributed by atoms with Gasteiger partial charge in [-0.05, 0) is 44.7 Å². The number of hydrogen-bond donors (Lipinski definition) is 2. The van der Waals surface area contributed by atoms with Gasteiger partial charge in [0.1, 0.15) is 0 Å². The molecule has 2 heteroatoms. The van der Waals surface area contributed by atoms with Gasteiger partial charge in [-0.1, -0.05) is 47.5 Å². The van der Waals surface area contributed by atoms with Crippen molar-refractivity contribution in [2.45, 2.75) is 85.2 Å². The van der Waals surface area contributed by atoms with Gasteiger partial charge in [0, 0.05) is 13.5 Å². The SMILES string of the molecule is CC.CC.CCCC1CC(NC2CCNCC2)C1.[HH]. The third kappa shape index (κ3) is 6.75. The highest BCUT2D eigenvalue weighted by molar-refractivity contribution is 4.88. The average Bonchev–Trinajstić information content (AvgIpc) is 2.42. The molecule has 0 unspecified atom stereocenters. The summed E-state index contributed by atoms with van der Waals surface area (Å²) in [5.41, 5.74) is 0. The first kappa shape index (κ1) is 17.9. The molecule has 2 rings (SSSR count). The molecule has 0 aromatic heterocycles. The van der Waals surface area contributed by atoms with Gasteiger partial charge in [-0.15, -0.1) is 0 Å². The Kier molecular flexibility index (Phi) is 11.9. The molecule has 0 atom stereocenters. The van der Waals surface area contributed by atoms with Gasteiger partial charge in [-0.25, -0.2) is 0 Å². The normalized spacial score (nSPS) is 27.2. The van der Waals surface area contributed by atoms with E-state index in [0.29, 0.717) is 0 Å². The monoisotopic (exact) mass is 258 g/mol. The molecule has 2 aliphatic rings. The second-order valence-electron chi connectivity index (χ2n) is 5.01. The fraction of sp³-hybridized carbons (Fsp3) is 1.00. The van der Waals surface area contributed by atoms with Crippen LogP contribution in [-0.4, -0.2) is 25.2 Å². The molecule has 0 amide bonds. The first-order valence-electron chi connectivity index (χ1n) is 8.35. The predicted molar refractivity (Wildman–Crippen MR) is 85.3 cm³/mol. The summed E-state index contributed by atoms with van der Waals surface area (Å²) in [6.07, 6.45) is 8.36. The van der Waals surface area contributed by atoms with Gasteiger partial charge < -0.3 is 10.6 Å². The van der Waals surface area contributed by atoms with E-state index < -0.39 is 0 Å². The van der Waals surface area contributed by atoms with Gasteiger partial charge in [-0.2, -0.15) is 0 Å². The summed E-state index contributed by atoms with van der Waals surface area (Å²) in [7, 11) is 0. The highest BCUT2D eigenvalue weighted by Crippen LogP contribution is 2.31. The molecule has 1 saturated carbocycles. The molecular weight excluding hydrogens is 220 g/mol. The molecule has 1 aliphatic carbocycles. The molecule has 1 heterocycles. The van der Waals surface area contributed by atoms with Crippen LogP contribution < -0.4 is 10.6 Å². The van der Waals surface area contributed by atoms with Crippen molar-refractivity contribution in [2.24, 2.45) is 5.92 Å². The fourth-order valence-electron chi connectivity index (χ4n) is 2.84. The van der Waals surface area contributed by atoms with Gasteiger partial charge in [0.2, 0.25) is 0 Å². The lowest BCUT2D eigenvalue weighted by atomic mass is 9.77. The van der Waals surface area contributed by atoms with E-state index in [0.717, 1.165) is 18.0 Å². The molecule has 0 bridgehead atoms. The minimum absolute atomic E-state index is 0. The summed E-state index contributed by atoms with van der Waals surface area (Å²) >= 11 is 0. The fourth-order valence-corrected chi connectivity index (χ4v) is 2.84. The molecule has 112 valence electrons. The molecule has 18 heavy (non-hydrogen) atoms. The minimum atomic E-state index is 0. The van der Waals surface area contributed by atoms with Gasteiger partial charge in [0.05, 0.1) is 0 Å². The van der Waals surface area contributed by atoms with Crippen molar-refractivity contribution < 1.29 is 1.43 Å². The zero-order chi connectivity index (χ0) is 13.8. The molecule has 0 aromatic rings. The quantitative estimate of drug-likeness (QED) is 0.789. The number of piperidine rings is 1. The van der Waals surface area contributed by atoms with Gasteiger partial charge in [0.25, 0.3) is 0 Å². The molecule has 2 nitrogen and oxygen atoms in total. The van der Waals surface area contributed by atoms with Crippen molar-refractivity contribution in [3.63, 3.8) is 0 Å². The topological polar surface area (TPSA) is 24.1 Å². The van der Waals surface area contributed by atoms with Gasteiger partial charge in [-0.3, -0.25) is 0 Å². The van der Waals surface area contributed by atoms with E-state index in [4.69, 9.17) is 0 Å². The standard InChI is InChI=1S/C12H24N2.2C2H6.H2/c1-2-3-10-8-12(9-10)14-11-4-6-13-7-5-11;2*1-2;/h10-14H,2-9H2,1H3;2*1-2H3;1H. The van der Waals surface area contributed by atoms with E-state index in [2.05, 4.69) is 17.6 Å². The molecule has 2 N–H and O–H groups in total. The smallest absolute Gasteiger partial charge is 0.00938 e. The van der Waals surface area contributed by atoms with Crippen molar-refractivity contribution >= 4 is 0 Å². The first-order chi connectivity index (χ1) is 8.88. The van der Waals surface area contributed by atoms with E-state index >= 15 is 0 Å². The average molecular weight is 258 g/mol. The Labute approximate surface area is 117 Å². The molecule has 1 aliphatic heterocycles. The Balaban J connectivity index is 0. The molecule has 2 fully saturated rings. The number of rotatable bonds is 4. The molecular formula is C16H38N2. The van der Waals surface area contributed by atoms with Crippen molar-refractivity contribution in [3.05, 3.63) is 0 Å². The Hall–Kier alpha value is -0.0800. The summed E-state index contributed by atoms with van der Waals surface area (Å²) in [4.78, 5) is 0. The zero-order valence-electron chi connectivity index (χ0n) is 13.4. The maximum Gasteiger partial charge on any atom is 0.00938 e. The lowest BCUT2D eigenvalue weighted by Gasteiger charge is -2.39. The van der Waals surface area contributed by atoms with E-state index in [1.54, 1.807) is 0 Å². The molecule has 1 saturated heterocycles. The van der Waals surface area contributed by atoms with Crippen LogP contribution in [0.15, 0.2) is 0 Å². The van der Waals surface area contributed by atoms with Crippen LogP contribution in [-0.2, 0) is 0 Å². The molecule has 0 aromatic carbocycles. The van der Waals surface area contributed by atoms with Crippen LogP contribution >= 0.6 is 0 Å². The summed E-state index contributed by atoms with van der Waals surface area (Å²) in [5.74, 6) is 1.04. The molecule has 0 radical (unpaired) electrons. The maximum atomic E-state index is 3.80. The third-order valence-electron chi connectivity index (χ3n) is 3.74. The Morgan fingerprint density at radius 2 is 1.56 bits per heavy atom. The second kappa shape index (κ2) is 12.0. The highest BCUT2D eigenvalue weighted by atomic mass is 15.0. The largest absolute Gasteiger partial charge is 0.317 e. The third-order valence-corrected chi connectivity index (χ3v) is 3.74. The van der Waals surface area contributed by atoms with E-state index in [1.807, 2.05) is 27.7 Å². The maximum absolute atomic E-state index is 3.80. The van der Waals surface area contributed by atoms with Crippen LogP contribution in [0.2, 0.25) is 0 Å². The predicted octanol–water partition coefficient (Wildman–Crippen LogP) is 4.21. The van der Waals surface area contributed by atoms with Crippen LogP contribution in [0.1, 0.15) is 74.6 Å². The highest BCUT2D eigenvalue weighted by Gasteiger charge is 2.29. The van der Waals surface area contributed by atoms with Crippen molar-refractivity contribution in [3.8, 4) is 0 Å². The summed E-state index contributed by atoms with van der Waals surface area (Å²) in [6.45, 7) is 12.7. The van der Waals surface area contributed by atoms with Crippen LogP contribution in [0, 0.1) is 5.92 Å². The molecule has 0 spiro atoms. The summed E-state index contributed by atoms with van der Waals surface area (Å²) in [5, 5.41) is 7.22. The van der Waals surface area contributed by atoms with Crippen molar-refractivity contribution in [2.75, 3.05) is 13.1 Å². The Bertz CT molecular complexity index is 164. The Morgan fingerprint density at radius 1 is 1.00 bits per heavy atom. The van der Waals surface area contributed by atoms with Gasteiger partial charge in [0.15, 0.2) is 0 Å². The van der Waals surface area contributed by atoms with E-state index in [1.165, 1.54) is 51.6 Å². The zero-order valence-corrected chi connectivity index (χ0v) is 13.4. The summed E-state index contributed by atoms with van der Waals surface area (Å²) < 4.78 is 0. The number of nitrogens with one attached hydrogen (secondary N) is 2. The van der Waals surface area contributed by atoms with Crippen LogP contribution in [0.4, 0.5) is 0 Å². The minimum Gasteiger partial charge on any atom is -0.317 e. The lowest BCUT2D eigenvalue weighted by molar-refractivity contribution is 0.183. The van der Waals surface area contributed by atoms with Crippen LogP contribution in [0.5, 0.6) is 0 Å². The van der Waals surface area contributed by atoms with Crippen LogP contribution in [0.25, 0.3) is 0 Å². The van der Waals surface area contributed by atoms with Crippen molar-refractivity contribution in [1.29, 1.82) is 0 Å². The second-order valence-corrected chi connectivity index (χ2v) is 5.01. The van der Waals surface area contributed by atoms with Gasteiger partial charge >= 0.3 is 0 Å². The summed E-state index contributed by atoms with van der Waals surface area (Å²) in [6, 6.07) is 1.67. The number of hydrogen-bond acceptors (Lipinski definition) is 2. The van der Waals surface area contributed by atoms with E-state index in [-0.39, 0.29) is 1.43 Å². The lowest BCUT2D eigenvalue weighted by Crippen LogP contribution is -2.49. The van der Waals surface area contributed by atoms with E-state index in [9.17, 15) is 0 Å². The van der Waals surface area contributed by atoms with Crippen LogP contribution in [0.3, 0.4) is 0 Å². The Morgan fingerprint density at radius 3 is 2.06 bits per heavy atom. The first-order valence-corrected chi connectivity index (χ1v) is 8.35.